The predicted octanol–water partition coefficient (Wildman–Crippen LogP) is -3.02. The quantitative estimate of drug-likeness (QED) is 0.174. The molecule has 7 N–H and O–H groups in total. The van der Waals surface area contributed by atoms with Crippen molar-refractivity contribution in [3.8, 4) is 0 Å². The molecular weight excluding hydrogens is 322 g/mol. The van der Waals surface area contributed by atoms with Crippen molar-refractivity contribution in [2.45, 2.75) is 24.9 Å². The van der Waals surface area contributed by atoms with Crippen LogP contribution in [0, 0.1) is 5.41 Å². The maximum atomic E-state index is 11.9. The molecule has 0 unspecified atom stereocenters. The van der Waals surface area contributed by atoms with Gasteiger partial charge in [0.2, 0.25) is 0 Å². The highest BCUT2D eigenvalue weighted by molar-refractivity contribution is 6.10. The first-order valence-corrected chi connectivity index (χ1v) is 7.19. The lowest BCUT2D eigenvalue weighted by Crippen LogP contribution is -2.55. The van der Waals surface area contributed by atoms with Crippen molar-refractivity contribution in [1.82, 2.24) is 15.5 Å². The maximum Gasteiger partial charge on any atom is 0.326 e. The van der Waals surface area contributed by atoms with Gasteiger partial charge in [-0.25, -0.2) is 4.79 Å². The largest absolute Gasteiger partial charge is 0.394 e. The average molecular weight is 341 g/mol. The lowest BCUT2D eigenvalue weighted by molar-refractivity contribution is -0.120. The van der Waals surface area contributed by atoms with Crippen LogP contribution in [0.15, 0.2) is 11.6 Å². The number of hydrogen-bond acceptors (Lipinski definition) is 7. The third-order valence-corrected chi connectivity index (χ3v) is 3.63. The van der Waals surface area contributed by atoms with Crippen LogP contribution in [0.3, 0.4) is 0 Å². The molecule has 0 spiro atoms. The van der Waals surface area contributed by atoms with Gasteiger partial charge in [0, 0.05) is 12.0 Å². The van der Waals surface area contributed by atoms with Crippen molar-refractivity contribution in [1.29, 1.82) is 5.41 Å². The molecule has 0 aromatic rings. The first-order chi connectivity index (χ1) is 11.3. The Bertz CT molecular complexity index is 591. The molecule has 11 nitrogen and oxygen atoms in total. The van der Waals surface area contributed by atoms with Crippen LogP contribution < -0.4 is 16.4 Å². The average Bonchev–Trinajstić information content (AvgIpc) is 2.88. The number of urea groups is 1. The predicted molar refractivity (Wildman–Crippen MR) is 79.6 cm³/mol. The molecule has 2 aliphatic heterocycles. The van der Waals surface area contributed by atoms with Crippen LogP contribution in [-0.2, 0) is 14.3 Å². The van der Waals surface area contributed by atoms with Crippen LogP contribution in [0.5, 0.6) is 0 Å². The van der Waals surface area contributed by atoms with E-state index in [1.807, 2.05) is 0 Å². The number of rotatable bonds is 5. The first-order valence-electron chi connectivity index (χ1n) is 7.19. The van der Waals surface area contributed by atoms with Gasteiger partial charge in [-0.1, -0.05) is 0 Å². The number of carbonyl (C=O) groups excluding carboxylic acids is 3. The normalized spacial score (nSPS) is 28.8. The van der Waals surface area contributed by atoms with E-state index in [4.69, 9.17) is 21.0 Å². The molecule has 132 valence electrons. The number of ether oxygens (including phenoxy) is 1. The molecule has 0 aliphatic carbocycles. The molecule has 0 radical (unpaired) electrons. The fourth-order valence-corrected chi connectivity index (χ4v) is 2.42. The highest BCUT2D eigenvalue weighted by Gasteiger charge is 2.41. The van der Waals surface area contributed by atoms with Crippen molar-refractivity contribution in [3.05, 3.63) is 11.6 Å². The number of guanidine groups is 1. The topological polar surface area (TPSA) is 178 Å². The van der Waals surface area contributed by atoms with Crippen molar-refractivity contribution in [2.24, 2.45) is 5.73 Å². The summed E-state index contributed by atoms with van der Waals surface area (Å²) in [5.41, 5.74) is 5.11. The Balaban J connectivity index is 2.06. The fraction of sp³-hybridized carbons (Fsp3) is 0.538. The second kappa shape index (κ2) is 7.38. The molecule has 3 atom stereocenters. The zero-order chi connectivity index (χ0) is 17.9. The fourth-order valence-electron chi connectivity index (χ4n) is 2.42. The molecule has 2 saturated heterocycles. The van der Waals surface area contributed by atoms with E-state index in [0.717, 1.165) is 11.0 Å². The number of nitrogens with two attached hydrogens (primary N) is 1. The summed E-state index contributed by atoms with van der Waals surface area (Å²) >= 11 is 0. The second-order valence-corrected chi connectivity index (χ2v) is 5.41. The van der Waals surface area contributed by atoms with Crippen LogP contribution in [0.2, 0.25) is 0 Å². The number of hydrogen-bond donors (Lipinski definition) is 6. The lowest BCUT2D eigenvalue weighted by atomic mass is 10.1. The number of amides is 3. The van der Waals surface area contributed by atoms with Crippen LogP contribution in [-0.4, -0.2) is 76.9 Å². The number of aliphatic hydroxyl groups excluding tert-OH is 2. The number of carbonyl (C=O) groups is 3. The van der Waals surface area contributed by atoms with Crippen molar-refractivity contribution < 1.29 is 29.3 Å². The van der Waals surface area contributed by atoms with E-state index < -0.39 is 42.8 Å². The molecule has 2 heterocycles. The summed E-state index contributed by atoms with van der Waals surface area (Å²) in [5, 5.41) is 30.2. The van der Waals surface area contributed by atoms with Crippen molar-refractivity contribution in [2.75, 3.05) is 19.7 Å². The molecule has 2 rings (SSSR count). The Morgan fingerprint density at radius 1 is 1.54 bits per heavy atom. The van der Waals surface area contributed by atoms with Gasteiger partial charge in [0.15, 0.2) is 11.7 Å². The SMILES string of the molecule is N=C(N)NCC(=O)C=C1CN([C@H]2C[C@H](O)[C@@H](CO)O2)C(=O)NC1=O. The van der Waals surface area contributed by atoms with Crippen molar-refractivity contribution in [3.63, 3.8) is 0 Å². The molecule has 0 bridgehead atoms. The smallest absolute Gasteiger partial charge is 0.326 e. The highest BCUT2D eigenvalue weighted by Crippen LogP contribution is 2.25. The van der Waals surface area contributed by atoms with E-state index in [9.17, 15) is 19.5 Å². The van der Waals surface area contributed by atoms with Gasteiger partial charge in [0.1, 0.15) is 12.3 Å². The maximum absolute atomic E-state index is 11.9. The molecule has 0 aromatic heterocycles. The van der Waals surface area contributed by atoms with Gasteiger partial charge >= 0.3 is 6.03 Å². The molecular formula is C13H19N5O6. The Kier molecular flexibility index (Phi) is 5.49. The third-order valence-electron chi connectivity index (χ3n) is 3.63. The van der Waals surface area contributed by atoms with E-state index in [1.54, 1.807) is 0 Å². The summed E-state index contributed by atoms with van der Waals surface area (Å²) in [6.07, 6.45) is -1.42. The summed E-state index contributed by atoms with van der Waals surface area (Å²) in [5.74, 6) is -1.58. The summed E-state index contributed by atoms with van der Waals surface area (Å²) in [6.45, 7) is -0.832. The Hall–Kier alpha value is -2.50. The Morgan fingerprint density at radius 2 is 2.25 bits per heavy atom. The lowest BCUT2D eigenvalue weighted by Gasteiger charge is -2.32. The number of nitrogens with zero attached hydrogens (tertiary/aromatic N) is 1. The van der Waals surface area contributed by atoms with Gasteiger partial charge in [-0.05, 0) is 6.08 Å². The van der Waals surface area contributed by atoms with Gasteiger partial charge in [0.25, 0.3) is 5.91 Å². The third kappa shape index (κ3) is 4.07. The minimum absolute atomic E-state index is 0.0375. The Morgan fingerprint density at radius 3 is 2.83 bits per heavy atom. The summed E-state index contributed by atoms with van der Waals surface area (Å²) in [4.78, 5) is 36.7. The van der Waals surface area contributed by atoms with E-state index in [-0.39, 0.29) is 31.0 Å². The van der Waals surface area contributed by atoms with Gasteiger partial charge < -0.3 is 26.0 Å². The number of imide groups is 1. The van der Waals surface area contributed by atoms with E-state index in [0.29, 0.717) is 0 Å². The molecule has 24 heavy (non-hydrogen) atoms. The van der Waals surface area contributed by atoms with Crippen LogP contribution >= 0.6 is 0 Å². The second-order valence-electron chi connectivity index (χ2n) is 5.41. The molecule has 2 fully saturated rings. The highest BCUT2D eigenvalue weighted by atomic mass is 16.5. The molecule has 11 heteroatoms. The number of nitrogens with one attached hydrogen (secondary N) is 3. The number of ketones is 1. The van der Waals surface area contributed by atoms with Gasteiger partial charge in [-0.3, -0.25) is 25.2 Å². The summed E-state index contributed by atoms with van der Waals surface area (Å²) in [7, 11) is 0. The first kappa shape index (κ1) is 17.8. The summed E-state index contributed by atoms with van der Waals surface area (Å²) < 4.78 is 5.38. The molecule has 3 amide bonds. The van der Waals surface area contributed by atoms with Crippen LogP contribution in [0.4, 0.5) is 4.79 Å². The van der Waals surface area contributed by atoms with Gasteiger partial charge in [-0.15, -0.1) is 0 Å². The van der Waals surface area contributed by atoms with Gasteiger partial charge in [-0.2, -0.15) is 0 Å². The van der Waals surface area contributed by atoms with Crippen LogP contribution in [0.1, 0.15) is 6.42 Å². The Labute approximate surface area is 136 Å². The minimum Gasteiger partial charge on any atom is -0.394 e. The van der Waals surface area contributed by atoms with E-state index >= 15 is 0 Å². The number of aliphatic hydroxyl groups is 2. The minimum atomic E-state index is -0.931. The zero-order valence-corrected chi connectivity index (χ0v) is 12.7. The monoisotopic (exact) mass is 341 g/mol. The molecule has 0 saturated carbocycles. The molecule has 2 aliphatic rings. The van der Waals surface area contributed by atoms with Crippen LogP contribution in [0.25, 0.3) is 0 Å². The standard InChI is InChI=1S/C13H19N5O6/c14-12(15)16-3-7(20)1-6-4-18(13(23)17-11(6)22)10-2-8(21)9(5-19)24-10/h1,8-10,19,21H,2-5H2,(H4,14,15,16)(H,17,22,23)/t8-,9+,10+/m0/s1. The summed E-state index contributed by atoms with van der Waals surface area (Å²) in [6, 6.07) is -0.706. The van der Waals surface area contributed by atoms with Crippen molar-refractivity contribution >= 4 is 23.7 Å². The van der Waals surface area contributed by atoms with Gasteiger partial charge in [0.05, 0.1) is 25.8 Å². The zero-order valence-electron chi connectivity index (χ0n) is 12.7. The van der Waals surface area contributed by atoms with E-state index in [2.05, 4.69) is 10.6 Å². The van der Waals surface area contributed by atoms with E-state index in [1.165, 1.54) is 0 Å². The molecule has 0 aromatic carbocycles.